The van der Waals surface area contributed by atoms with Crippen molar-refractivity contribution in [1.82, 2.24) is 15.5 Å². The van der Waals surface area contributed by atoms with Crippen LogP contribution in [0.3, 0.4) is 0 Å². The summed E-state index contributed by atoms with van der Waals surface area (Å²) in [6.45, 7) is 0.0509. The number of carbonyl (C=O) groups excluding carboxylic acids is 1. The van der Waals surface area contributed by atoms with Gasteiger partial charge in [-0.25, -0.2) is 0 Å². The first-order chi connectivity index (χ1) is 12.6. The number of hydrogen-bond acceptors (Lipinski definition) is 5. The van der Waals surface area contributed by atoms with Gasteiger partial charge in [-0.1, -0.05) is 48.3 Å². The van der Waals surface area contributed by atoms with E-state index in [0.29, 0.717) is 23.8 Å². The molecule has 0 radical (unpaired) electrons. The number of carboxylic acids is 1. The Morgan fingerprint density at radius 1 is 1.23 bits per heavy atom. The van der Waals surface area contributed by atoms with Gasteiger partial charge >= 0.3 is 5.97 Å². The summed E-state index contributed by atoms with van der Waals surface area (Å²) in [6.07, 6.45) is 5.12. The largest absolute Gasteiger partial charge is 0.481 e. The smallest absolute Gasteiger partial charge is 0.312 e. The van der Waals surface area contributed by atoms with E-state index in [9.17, 15) is 14.7 Å². The number of amides is 1. The molecule has 0 saturated heterocycles. The highest BCUT2D eigenvalue weighted by Crippen LogP contribution is 2.32. The molecule has 3 rings (SSSR count). The molecule has 1 atom stereocenters. The van der Waals surface area contributed by atoms with Crippen LogP contribution in [0.2, 0.25) is 0 Å². The summed E-state index contributed by atoms with van der Waals surface area (Å²) in [5.74, 6) is -0.378. The monoisotopic (exact) mass is 357 g/mol. The van der Waals surface area contributed by atoms with E-state index in [1.165, 1.54) is 12.8 Å². The van der Waals surface area contributed by atoms with Crippen molar-refractivity contribution < 1.29 is 19.2 Å². The minimum Gasteiger partial charge on any atom is -0.481 e. The molecule has 1 saturated carbocycles. The maximum Gasteiger partial charge on any atom is 0.312 e. The predicted octanol–water partition coefficient (Wildman–Crippen LogP) is 2.64. The molecule has 138 valence electrons. The number of carboxylic acid groups (broad SMARTS) is 1. The Labute approximate surface area is 151 Å². The van der Waals surface area contributed by atoms with Crippen molar-refractivity contribution in [2.75, 3.05) is 6.54 Å². The number of rotatable bonds is 8. The Balaban J connectivity index is 1.47. The summed E-state index contributed by atoms with van der Waals surface area (Å²) in [7, 11) is 0. The Kier molecular flexibility index (Phi) is 5.99. The molecule has 1 aromatic heterocycles. The van der Waals surface area contributed by atoms with Gasteiger partial charge in [0.2, 0.25) is 11.8 Å². The van der Waals surface area contributed by atoms with Crippen LogP contribution in [0.1, 0.15) is 61.2 Å². The van der Waals surface area contributed by atoms with Gasteiger partial charge in [0, 0.05) is 25.3 Å². The molecule has 0 bridgehead atoms. The molecule has 1 aliphatic carbocycles. The number of aliphatic carboxylic acids is 1. The highest BCUT2D eigenvalue weighted by Gasteiger charge is 2.23. The summed E-state index contributed by atoms with van der Waals surface area (Å²) >= 11 is 0. The second-order valence-corrected chi connectivity index (χ2v) is 6.63. The average molecular weight is 357 g/mol. The SMILES string of the molecule is O=C(CCc1nc(C2CCCC2)no1)NCC(C(=O)O)c1ccccc1. The molecule has 2 N–H and O–H groups in total. The van der Waals surface area contributed by atoms with Gasteiger partial charge in [-0.15, -0.1) is 0 Å². The van der Waals surface area contributed by atoms with Crippen LogP contribution >= 0.6 is 0 Å². The van der Waals surface area contributed by atoms with E-state index in [1.54, 1.807) is 24.3 Å². The molecule has 1 aliphatic rings. The molecule has 1 unspecified atom stereocenters. The van der Waals surface area contributed by atoms with Crippen LogP contribution in [0.5, 0.6) is 0 Å². The third-order valence-corrected chi connectivity index (χ3v) is 4.77. The Morgan fingerprint density at radius 2 is 1.96 bits per heavy atom. The first-order valence-corrected chi connectivity index (χ1v) is 9.00. The summed E-state index contributed by atoms with van der Waals surface area (Å²) in [5.41, 5.74) is 0.665. The van der Waals surface area contributed by atoms with Gasteiger partial charge in [-0.2, -0.15) is 4.98 Å². The van der Waals surface area contributed by atoms with E-state index < -0.39 is 11.9 Å². The Hall–Kier alpha value is -2.70. The lowest BCUT2D eigenvalue weighted by Gasteiger charge is -2.13. The van der Waals surface area contributed by atoms with Crippen molar-refractivity contribution in [1.29, 1.82) is 0 Å². The van der Waals surface area contributed by atoms with Crippen LogP contribution < -0.4 is 5.32 Å². The second-order valence-electron chi connectivity index (χ2n) is 6.63. The molecular formula is C19H23N3O4. The second kappa shape index (κ2) is 8.60. The van der Waals surface area contributed by atoms with Gasteiger partial charge < -0.3 is 14.9 Å². The maximum atomic E-state index is 12.0. The molecule has 7 nitrogen and oxygen atoms in total. The zero-order valence-corrected chi connectivity index (χ0v) is 14.6. The Morgan fingerprint density at radius 3 is 2.65 bits per heavy atom. The van der Waals surface area contributed by atoms with Gasteiger partial charge in [-0.3, -0.25) is 9.59 Å². The molecule has 1 fully saturated rings. The number of benzene rings is 1. The van der Waals surface area contributed by atoms with E-state index in [-0.39, 0.29) is 18.9 Å². The van der Waals surface area contributed by atoms with Crippen molar-refractivity contribution in [3.8, 4) is 0 Å². The van der Waals surface area contributed by atoms with Crippen LogP contribution in [0.25, 0.3) is 0 Å². The fourth-order valence-corrected chi connectivity index (χ4v) is 3.28. The Bertz CT molecular complexity index is 738. The van der Waals surface area contributed by atoms with Gasteiger partial charge in [0.1, 0.15) is 0 Å². The van der Waals surface area contributed by atoms with Crippen LogP contribution in [0, 0.1) is 0 Å². The zero-order valence-electron chi connectivity index (χ0n) is 14.6. The minimum atomic E-state index is -0.963. The summed E-state index contributed by atoms with van der Waals surface area (Å²) in [4.78, 5) is 27.9. The first kappa shape index (κ1) is 18.1. The van der Waals surface area contributed by atoms with Crippen molar-refractivity contribution in [3.05, 3.63) is 47.6 Å². The van der Waals surface area contributed by atoms with Gasteiger partial charge in [0.25, 0.3) is 0 Å². The fraction of sp³-hybridized carbons (Fsp3) is 0.474. The molecule has 1 aromatic carbocycles. The number of aryl methyl sites for hydroxylation is 1. The summed E-state index contributed by atoms with van der Waals surface area (Å²) < 4.78 is 5.23. The number of hydrogen-bond donors (Lipinski definition) is 2. The highest BCUT2D eigenvalue weighted by molar-refractivity contribution is 5.79. The predicted molar refractivity (Wildman–Crippen MR) is 93.7 cm³/mol. The fourth-order valence-electron chi connectivity index (χ4n) is 3.28. The van der Waals surface area contributed by atoms with Gasteiger partial charge in [-0.05, 0) is 18.4 Å². The maximum absolute atomic E-state index is 12.0. The summed E-state index contributed by atoms with van der Waals surface area (Å²) in [5, 5.41) is 16.1. The van der Waals surface area contributed by atoms with Crippen LogP contribution in [-0.4, -0.2) is 33.7 Å². The van der Waals surface area contributed by atoms with E-state index in [1.807, 2.05) is 6.07 Å². The molecule has 1 amide bonds. The molecular weight excluding hydrogens is 334 g/mol. The van der Waals surface area contributed by atoms with Crippen molar-refractivity contribution in [2.45, 2.75) is 50.4 Å². The van der Waals surface area contributed by atoms with Crippen molar-refractivity contribution in [3.63, 3.8) is 0 Å². The number of aromatic nitrogens is 2. The van der Waals surface area contributed by atoms with E-state index in [4.69, 9.17) is 4.52 Å². The quantitative estimate of drug-likeness (QED) is 0.752. The summed E-state index contributed by atoms with van der Waals surface area (Å²) in [6, 6.07) is 8.88. The highest BCUT2D eigenvalue weighted by atomic mass is 16.5. The van der Waals surface area contributed by atoms with Crippen LogP contribution in [-0.2, 0) is 16.0 Å². The molecule has 0 spiro atoms. The number of nitrogens with one attached hydrogen (secondary N) is 1. The van der Waals surface area contributed by atoms with Gasteiger partial charge in [0.05, 0.1) is 5.92 Å². The molecule has 26 heavy (non-hydrogen) atoms. The minimum absolute atomic E-state index is 0.0509. The topological polar surface area (TPSA) is 105 Å². The molecule has 7 heteroatoms. The van der Waals surface area contributed by atoms with E-state index in [2.05, 4.69) is 15.5 Å². The lowest BCUT2D eigenvalue weighted by Crippen LogP contribution is -2.31. The average Bonchev–Trinajstić information content (AvgIpc) is 3.32. The zero-order chi connectivity index (χ0) is 18.4. The van der Waals surface area contributed by atoms with Crippen LogP contribution in [0.15, 0.2) is 34.9 Å². The third-order valence-electron chi connectivity index (χ3n) is 4.77. The number of nitrogens with zero attached hydrogens (tertiary/aromatic N) is 2. The van der Waals surface area contributed by atoms with Crippen LogP contribution in [0.4, 0.5) is 0 Å². The molecule has 0 aliphatic heterocycles. The standard InChI is InChI=1S/C19H23N3O4/c23-16(20-12-15(19(24)25)13-6-2-1-3-7-13)10-11-17-21-18(22-26-17)14-8-4-5-9-14/h1-3,6-7,14-15H,4-5,8-12H2,(H,20,23)(H,24,25). The van der Waals surface area contributed by atoms with Crippen molar-refractivity contribution in [2.24, 2.45) is 0 Å². The van der Waals surface area contributed by atoms with E-state index >= 15 is 0 Å². The molecule has 2 aromatic rings. The lowest BCUT2D eigenvalue weighted by molar-refractivity contribution is -0.138. The number of carbonyl (C=O) groups is 2. The first-order valence-electron chi connectivity index (χ1n) is 9.00. The lowest BCUT2D eigenvalue weighted by atomic mass is 9.99. The third kappa shape index (κ3) is 4.68. The normalized spacial score (nSPS) is 15.7. The molecule has 1 heterocycles. The van der Waals surface area contributed by atoms with Crippen molar-refractivity contribution >= 4 is 11.9 Å². The van der Waals surface area contributed by atoms with E-state index in [0.717, 1.165) is 18.7 Å². The van der Waals surface area contributed by atoms with Gasteiger partial charge in [0.15, 0.2) is 5.82 Å².